The van der Waals surface area contributed by atoms with Gasteiger partial charge in [0, 0.05) is 4.88 Å². The molecule has 2 aromatic heterocycles. The number of benzene rings is 1. The standard InChI is InChI=1S/C19H20N2OS2/c1-12-8-9-15-14(10-12)16-17(24-15)20-19(23-2)21(18(16)22)11-13-6-4-3-5-7-13/h3-7,12H,8-11H2,1-2H3. The molecule has 3 nitrogen and oxygen atoms in total. The van der Waals surface area contributed by atoms with Crippen molar-refractivity contribution in [2.24, 2.45) is 5.92 Å². The third-order valence-electron chi connectivity index (χ3n) is 4.74. The zero-order valence-electron chi connectivity index (χ0n) is 13.9. The minimum Gasteiger partial charge on any atom is -0.283 e. The number of thiophene rings is 1. The highest BCUT2D eigenvalue weighted by molar-refractivity contribution is 7.98. The third-order valence-corrected chi connectivity index (χ3v) is 6.60. The van der Waals surface area contributed by atoms with E-state index in [9.17, 15) is 4.79 Å². The second kappa shape index (κ2) is 6.37. The Hall–Kier alpha value is -1.59. The molecule has 24 heavy (non-hydrogen) atoms. The fourth-order valence-electron chi connectivity index (χ4n) is 3.47. The number of aryl methyl sites for hydroxylation is 1. The number of aromatic nitrogens is 2. The van der Waals surface area contributed by atoms with Gasteiger partial charge < -0.3 is 0 Å². The van der Waals surface area contributed by atoms with Crippen LogP contribution in [0.1, 0.15) is 29.3 Å². The third kappa shape index (κ3) is 2.70. The Morgan fingerprint density at radius 2 is 2.12 bits per heavy atom. The summed E-state index contributed by atoms with van der Waals surface area (Å²) in [6.07, 6.45) is 5.30. The summed E-state index contributed by atoms with van der Waals surface area (Å²) in [7, 11) is 0. The molecule has 4 rings (SSSR count). The summed E-state index contributed by atoms with van der Waals surface area (Å²) in [5.74, 6) is 0.650. The van der Waals surface area contributed by atoms with E-state index in [1.165, 1.54) is 16.9 Å². The molecule has 0 N–H and O–H groups in total. The van der Waals surface area contributed by atoms with Crippen molar-refractivity contribution in [3.8, 4) is 0 Å². The van der Waals surface area contributed by atoms with Gasteiger partial charge in [0.25, 0.3) is 5.56 Å². The van der Waals surface area contributed by atoms with Crippen molar-refractivity contribution < 1.29 is 0 Å². The Balaban J connectivity index is 1.91. The molecule has 0 spiro atoms. The van der Waals surface area contributed by atoms with E-state index in [1.807, 2.05) is 29.0 Å². The van der Waals surface area contributed by atoms with Crippen LogP contribution >= 0.6 is 23.1 Å². The lowest BCUT2D eigenvalue weighted by atomic mass is 9.89. The van der Waals surface area contributed by atoms with Crippen LogP contribution in [-0.4, -0.2) is 15.8 Å². The normalized spacial score (nSPS) is 17.2. The molecule has 0 bridgehead atoms. The van der Waals surface area contributed by atoms with Crippen LogP contribution in [0.25, 0.3) is 10.2 Å². The Morgan fingerprint density at radius 3 is 2.88 bits per heavy atom. The van der Waals surface area contributed by atoms with Crippen LogP contribution in [0.2, 0.25) is 0 Å². The van der Waals surface area contributed by atoms with Gasteiger partial charge in [-0.3, -0.25) is 9.36 Å². The topological polar surface area (TPSA) is 34.9 Å². The highest BCUT2D eigenvalue weighted by atomic mass is 32.2. The van der Waals surface area contributed by atoms with Crippen molar-refractivity contribution in [3.05, 3.63) is 56.7 Å². The molecule has 0 radical (unpaired) electrons. The van der Waals surface area contributed by atoms with Crippen LogP contribution in [0, 0.1) is 5.92 Å². The van der Waals surface area contributed by atoms with E-state index in [1.54, 1.807) is 23.1 Å². The van der Waals surface area contributed by atoms with E-state index in [2.05, 4.69) is 19.1 Å². The predicted octanol–water partition coefficient (Wildman–Crippen LogP) is 4.35. The Morgan fingerprint density at radius 1 is 1.33 bits per heavy atom. The second-order valence-corrected chi connectivity index (χ2v) is 8.36. The maximum absolute atomic E-state index is 13.3. The van der Waals surface area contributed by atoms with Gasteiger partial charge in [0.15, 0.2) is 5.16 Å². The first kappa shape index (κ1) is 15.9. The zero-order chi connectivity index (χ0) is 16.7. The molecule has 0 fully saturated rings. The SMILES string of the molecule is CSc1nc2sc3c(c2c(=O)n1Cc1ccccc1)CC(C)CC3. The molecule has 1 unspecified atom stereocenters. The first-order valence-electron chi connectivity index (χ1n) is 8.30. The Kier molecular flexibility index (Phi) is 4.22. The molecule has 1 aromatic carbocycles. The lowest BCUT2D eigenvalue weighted by molar-refractivity contribution is 0.508. The molecule has 0 saturated heterocycles. The molecule has 2 heterocycles. The van der Waals surface area contributed by atoms with Crippen molar-refractivity contribution in [1.82, 2.24) is 9.55 Å². The number of nitrogens with zero attached hydrogens (tertiary/aromatic N) is 2. The van der Waals surface area contributed by atoms with Gasteiger partial charge in [0.2, 0.25) is 0 Å². The van der Waals surface area contributed by atoms with E-state index in [-0.39, 0.29) is 5.56 Å². The lowest BCUT2D eigenvalue weighted by Crippen LogP contribution is -2.24. The summed E-state index contributed by atoms with van der Waals surface area (Å²) in [6, 6.07) is 10.1. The van der Waals surface area contributed by atoms with Crippen molar-refractivity contribution in [2.75, 3.05) is 6.26 Å². The fraction of sp³-hybridized carbons (Fsp3) is 0.368. The number of hydrogen-bond acceptors (Lipinski definition) is 4. The van der Waals surface area contributed by atoms with Crippen LogP contribution in [-0.2, 0) is 19.4 Å². The minimum atomic E-state index is 0.125. The van der Waals surface area contributed by atoms with Crippen LogP contribution in [0.4, 0.5) is 0 Å². The summed E-state index contributed by atoms with van der Waals surface area (Å²) in [5.41, 5.74) is 2.52. The van der Waals surface area contributed by atoms with Gasteiger partial charge in [-0.2, -0.15) is 0 Å². The van der Waals surface area contributed by atoms with Crippen molar-refractivity contribution in [2.45, 2.75) is 37.9 Å². The van der Waals surface area contributed by atoms with Gasteiger partial charge in [0.05, 0.1) is 11.9 Å². The summed E-state index contributed by atoms with van der Waals surface area (Å²) < 4.78 is 1.84. The highest BCUT2D eigenvalue weighted by Gasteiger charge is 2.24. The van der Waals surface area contributed by atoms with Gasteiger partial charge in [-0.1, -0.05) is 49.0 Å². The number of rotatable bonds is 3. The molecule has 5 heteroatoms. The number of fused-ring (bicyclic) bond motifs is 3. The van der Waals surface area contributed by atoms with Crippen molar-refractivity contribution >= 4 is 33.3 Å². The summed E-state index contributed by atoms with van der Waals surface area (Å²) in [6.45, 7) is 2.86. The van der Waals surface area contributed by atoms with Crippen molar-refractivity contribution in [3.63, 3.8) is 0 Å². The van der Waals surface area contributed by atoms with Crippen LogP contribution in [0.15, 0.2) is 40.3 Å². The number of thioether (sulfide) groups is 1. The summed E-state index contributed by atoms with van der Waals surface area (Å²) >= 11 is 3.27. The van der Waals surface area contributed by atoms with Crippen molar-refractivity contribution in [1.29, 1.82) is 0 Å². The molecule has 1 aliphatic rings. The smallest absolute Gasteiger partial charge is 0.263 e. The average Bonchev–Trinajstić information content (AvgIpc) is 2.95. The van der Waals surface area contributed by atoms with Gasteiger partial charge in [-0.05, 0) is 42.6 Å². The molecule has 1 aliphatic carbocycles. The second-order valence-electron chi connectivity index (χ2n) is 6.51. The first-order valence-corrected chi connectivity index (χ1v) is 10.3. The molecular formula is C19H20N2OS2. The highest BCUT2D eigenvalue weighted by Crippen LogP contribution is 2.36. The molecule has 0 amide bonds. The zero-order valence-corrected chi connectivity index (χ0v) is 15.5. The summed E-state index contributed by atoms with van der Waals surface area (Å²) in [4.78, 5) is 20.4. The predicted molar refractivity (Wildman–Crippen MR) is 102 cm³/mol. The maximum Gasteiger partial charge on any atom is 0.263 e. The van der Waals surface area contributed by atoms with Gasteiger partial charge in [-0.25, -0.2) is 4.98 Å². The Bertz CT molecular complexity index is 943. The number of hydrogen-bond donors (Lipinski definition) is 0. The molecule has 1 atom stereocenters. The molecule has 124 valence electrons. The van der Waals surface area contributed by atoms with Crippen LogP contribution in [0.3, 0.4) is 0 Å². The quantitative estimate of drug-likeness (QED) is 0.517. The maximum atomic E-state index is 13.3. The lowest BCUT2D eigenvalue weighted by Gasteiger charge is -2.18. The van der Waals surface area contributed by atoms with E-state index >= 15 is 0 Å². The minimum absolute atomic E-state index is 0.125. The average molecular weight is 357 g/mol. The Labute approximate surface area is 149 Å². The van der Waals surface area contributed by atoms with E-state index < -0.39 is 0 Å². The van der Waals surface area contributed by atoms with Gasteiger partial charge >= 0.3 is 0 Å². The molecule has 3 aromatic rings. The fourth-order valence-corrected chi connectivity index (χ4v) is 5.29. The van der Waals surface area contributed by atoms with Gasteiger partial charge in [0.1, 0.15) is 4.83 Å². The van der Waals surface area contributed by atoms with E-state index in [0.717, 1.165) is 33.8 Å². The molecular weight excluding hydrogens is 336 g/mol. The first-order chi connectivity index (χ1) is 11.7. The largest absolute Gasteiger partial charge is 0.283 e. The monoisotopic (exact) mass is 356 g/mol. The van der Waals surface area contributed by atoms with E-state index in [4.69, 9.17) is 4.98 Å². The van der Waals surface area contributed by atoms with E-state index in [0.29, 0.717) is 12.5 Å². The molecule has 0 saturated carbocycles. The van der Waals surface area contributed by atoms with Crippen LogP contribution < -0.4 is 5.56 Å². The summed E-state index contributed by atoms with van der Waals surface area (Å²) in [5, 5.41) is 1.68. The van der Waals surface area contributed by atoms with Crippen LogP contribution in [0.5, 0.6) is 0 Å². The molecule has 0 aliphatic heterocycles. The van der Waals surface area contributed by atoms with Gasteiger partial charge in [-0.15, -0.1) is 11.3 Å².